The Kier molecular flexibility index (Phi) is 5.83. The van der Waals surface area contributed by atoms with Gasteiger partial charge >= 0.3 is 0 Å². The lowest BCUT2D eigenvalue weighted by molar-refractivity contribution is 1.32. The molecule has 3 rings (SSSR count). The number of benzene rings is 2. The fraction of sp³-hybridized carbons (Fsp3) is 0.115. The third kappa shape index (κ3) is 3.83. The molecule has 1 nitrogen and oxygen atoms in total. The Morgan fingerprint density at radius 1 is 1.00 bits per heavy atom. The fourth-order valence-electron chi connectivity index (χ4n) is 3.36. The predicted octanol–water partition coefficient (Wildman–Crippen LogP) is 5.43. The second kappa shape index (κ2) is 8.46. The van der Waals surface area contributed by atoms with Crippen LogP contribution in [0.1, 0.15) is 30.5 Å². The molecule has 0 spiro atoms. The van der Waals surface area contributed by atoms with Crippen LogP contribution in [-0.2, 0) is 0 Å². The molecule has 0 atom stereocenters. The second-order valence-electron chi connectivity index (χ2n) is 6.47. The molecule has 1 heterocycles. The Morgan fingerprint density at radius 2 is 1.78 bits per heavy atom. The SMILES string of the molecule is C=C(/C=C\c1c(C)/c(=C/C=C\C)c(=CC)c2ncccc12)c1ccccc1. The quantitative estimate of drug-likeness (QED) is 0.571. The lowest BCUT2D eigenvalue weighted by Gasteiger charge is -2.10. The Hall–Kier alpha value is -3.19. The van der Waals surface area contributed by atoms with Crippen molar-refractivity contribution in [2.24, 2.45) is 0 Å². The van der Waals surface area contributed by atoms with E-state index in [-0.39, 0.29) is 0 Å². The van der Waals surface area contributed by atoms with Gasteiger partial charge in [0.2, 0.25) is 0 Å². The van der Waals surface area contributed by atoms with Crippen molar-refractivity contribution >= 4 is 34.7 Å². The fourth-order valence-corrected chi connectivity index (χ4v) is 3.36. The average Bonchev–Trinajstić information content (AvgIpc) is 2.72. The molecular weight excluding hydrogens is 326 g/mol. The van der Waals surface area contributed by atoms with Gasteiger partial charge in [0, 0.05) is 16.8 Å². The van der Waals surface area contributed by atoms with E-state index in [9.17, 15) is 0 Å². The van der Waals surface area contributed by atoms with E-state index in [2.05, 4.69) is 74.0 Å². The Labute approximate surface area is 161 Å². The van der Waals surface area contributed by atoms with Crippen molar-refractivity contribution in [2.75, 3.05) is 0 Å². The molecular formula is C26H25N. The monoisotopic (exact) mass is 351 g/mol. The van der Waals surface area contributed by atoms with Gasteiger partial charge in [-0.3, -0.25) is 4.98 Å². The number of pyridine rings is 1. The summed E-state index contributed by atoms with van der Waals surface area (Å²) in [6.45, 7) is 10.5. The van der Waals surface area contributed by atoms with Gasteiger partial charge < -0.3 is 0 Å². The lowest BCUT2D eigenvalue weighted by Crippen LogP contribution is -2.29. The van der Waals surface area contributed by atoms with Crippen LogP contribution >= 0.6 is 0 Å². The molecule has 0 saturated carbocycles. The summed E-state index contributed by atoms with van der Waals surface area (Å²) >= 11 is 0. The molecule has 0 aliphatic rings. The van der Waals surface area contributed by atoms with Gasteiger partial charge in [-0.05, 0) is 54.3 Å². The molecule has 2 aromatic carbocycles. The van der Waals surface area contributed by atoms with Crippen LogP contribution in [0.15, 0.2) is 73.5 Å². The summed E-state index contributed by atoms with van der Waals surface area (Å²) in [6.07, 6.45) is 14.6. The molecule has 0 aliphatic heterocycles. The van der Waals surface area contributed by atoms with Crippen molar-refractivity contribution in [3.05, 3.63) is 101 Å². The molecule has 0 fully saturated rings. The van der Waals surface area contributed by atoms with Crippen molar-refractivity contribution in [3.8, 4) is 0 Å². The number of hydrogen-bond donors (Lipinski definition) is 0. The van der Waals surface area contributed by atoms with Crippen LogP contribution in [0.5, 0.6) is 0 Å². The van der Waals surface area contributed by atoms with E-state index in [1.807, 2.05) is 43.5 Å². The van der Waals surface area contributed by atoms with Gasteiger partial charge in [-0.25, -0.2) is 0 Å². The van der Waals surface area contributed by atoms with Crippen LogP contribution in [0.4, 0.5) is 0 Å². The first kappa shape index (κ1) is 18.6. The molecule has 0 radical (unpaired) electrons. The summed E-state index contributed by atoms with van der Waals surface area (Å²) in [5.41, 5.74) is 5.60. The molecule has 1 heteroatoms. The van der Waals surface area contributed by atoms with E-state index in [4.69, 9.17) is 0 Å². The maximum absolute atomic E-state index is 4.68. The molecule has 0 bridgehead atoms. The highest BCUT2D eigenvalue weighted by Crippen LogP contribution is 2.20. The number of nitrogens with zero attached hydrogens (tertiary/aromatic N) is 1. The van der Waals surface area contributed by atoms with Crippen molar-refractivity contribution in [2.45, 2.75) is 20.8 Å². The van der Waals surface area contributed by atoms with Crippen molar-refractivity contribution < 1.29 is 0 Å². The maximum atomic E-state index is 4.68. The number of rotatable bonds is 4. The highest BCUT2D eigenvalue weighted by atomic mass is 14.6. The molecule has 1 aromatic heterocycles. The minimum atomic E-state index is 0.997. The summed E-state index contributed by atoms with van der Waals surface area (Å²) < 4.78 is 0. The third-order valence-corrected chi connectivity index (χ3v) is 4.79. The zero-order chi connectivity index (χ0) is 19.2. The minimum absolute atomic E-state index is 0.997. The van der Waals surface area contributed by atoms with Crippen LogP contribution < -0.4 is 10.4 Å². The first-order valence-corrected chi connectivity index (χ1v) is 9.26. The zero-order valence-electron chi connectivity index (χ0n) is 16.2. The van der Waals surface area contributed by atoms with Gasteiger partial charge in [0.05, 0.1) is 5.52 Å². The third-order valence-electron chi connectivity index (χ3n) is 4.79. The first-order chi connectivity index (χ1) is 13.2. The molecule has 0 N–H and O–H groups in total. The Morgan fingerprint density at radius 3 is 2.48 bits per heavy atom. The standard InChI is InChI=1S/C26H25N/c1-5-7-14-23-20(4)24(17-16-19(3)21-12-9-8-10-13-21)25-15-11-18-27-26(25)22(23)6-2/h5-18H,3H2,1-2,4H3/b7-5-,17-16-,22-6?,23-14-. The van der Waals surface area contributed by atoms with Crippen molar-refractivity contribution in [1.29, 1.82) is 0 Å². The summed E-state index contributed by atoms with van der Waals surface area (Å²) in [5.74, 6) is 0. The van der Waals surface area contributed by atoms with E-state index < -0.39 is 0 Å². The van der Waals surface area contributed by atoms with Gasteiger partial charge in [-0.15, -0.1) is 0 Å². The molecule has 134 valence electrons. The van der Waals surface area contributed by atoms with Crippen LogP contribution in [0, 0.1) is 6.92 Å². The molecule has 0 amide bonds. The zero-order valence-corrected chi connectivity index (χ0v) is 16.2. The number of aromatic nitrogens is 1. The molecule has 27 heavy (non-hydrogen) atoms. The predicted molar refractivity (Wildman–Crippen MR) is 120 cm³/mol. The number of fused-ring (bicyclic) bond motifs is 1. The summed E-state index contributed by atoms with van der Waals surface area (Å²) in [5, 5.41) is 3.56. The van der Waals surface area contributed by atoms with Crippen molar-refractivity contribution in [3.63, 3.8) is 0 Å². The Bertz CT molecular complexity index is 1150. The van der Waals surface area contributed by atoms with Crippen LogP contribution in [0.25, 0.3) is 34.7 Å². The highest BCUT2D eigenvalue weighted by Gasteiger charge is 2.07. The van der Waals surface area contributed by atoms with Crippen LogP contribution in [0.3, 0.4) is 0 Å². The number of allylic oxidation sites excluding steroid dienone is 4. The summed E-state index contributed by atoms with van der Waals surface area (Å²) in [4.78, 5) is 4.68. The van der Waals surface area contributed by atoms with Crippen LogP contribution in [-0.4, -0.2) is 4.98 Å². The van der Waals surface area contributed by atoms with Gasteiger partial charge in [-0.2, -0.15) is 0 Å². The lowest BCUT2D eigenvalue weighted by atomic mass is 9.96. The summed E-state index contributed by atoms with van der Waals surface area (Å²) in [7, 11) is 0. The number of hydrogen-bond acceptors (Lipinski definition) is 1. The van der Waals surface area contributed by atoms with E-state index in [1.165, 1.54) is 21.6 Å². The van der Waals surface area contributed by atoms with Gasteiger partial charge in [-0.1, -0.05) is 79.4 Å². The molecule has 0 saturated heterocycles. The van der Waals surface area contributed by atoms with Gasteiger partial charge in [0.1, 0.15) is 0 Å². The first-order valence-electron chi connectivity index (χ1n) is 9.26. The normalized spacial score (nSPS) is 13.3. The highest BCUT2D eigenvalue weighted by molar-refractivity contribution is 5.92. The van der Waals surface area contributed by atoms with Gasteiger partial charge in [0.15, 0.2) is 0 Å². The largest absolute Gasteiger partial charge is 0.256 e. The topological polar surface area (TPSA) is 12.9 Å². The van der Waals surface area contributed by atoms with E-state index in [1.54, 1.807) is 0 Å². The van der Waals surface area contributed by atoms with Gasteiger partial charge in [0.25, 0.3) is 0 Å². The molecule has 3 aromatic rings. The average molecular weight is 351 g/mol. The second-order valence-corrected chi connectivity index (χ2v) is 6.47. The molecule has 0 aliphatic carbocycles. The smallest absolute Gasteiger partial charge is 0.0783 e. The maximum Gasteiger partial charge on any atom is 0.0783 e. The summed E-state index contributed by atoms with van der Waals surface area (Å²) in [6, 6.07) is 14.4. The van der Waals surface area contributed by atoms with E-state index in [0.717, 1.165) is 22.0 Å². The minimum Gasteiger partial charge on any atom is -0.256 e. The molecule has 0 unspecified atom stereocenters. The van der Waals surface area contributed by atoms with Crippen molar-refractivity contribution in [1.82, 2.24) is 4.98 Å². The van der Waals surface area contributed by atoms with Crippen LogP contribution in [0.2, 0.25) is 0 Å². The Balaban J connectivity index is 2.25. The van der Waals surface area contributed by atoms with E-state index >= 15 is 0 Å². The van der Waals surface area contributed by atoms with E-state index in [0.29, 0.717) is 0 Å².